The van der Waals surface area contributed by atoms with Gasteiger partial charge in [-0.05, 0) is 36.4 Å². The lowest BCUT2D eigenvalue weighted by atomic mass is 10.2. The second-order valence-electron chi connectivity index (χ2n) is 7.81. The quantitative estimate of drug-likeness (QED) is 0.457. The summed E-state index contributed by atoms with van der Waals surface area (Å²) in [6.07, 6.45) is 1.81. The van der Waals surface area contributed by atoms with Gasteiger partial charge in [-0.25, -0.2) is 9.37 Å². The highest BCUT2D eigenvalue weighted by atomic mass is 19.1. The molecule has 8 heteroatoms. The number of aromatic nitrogens is 1. The minimum Gasteiger partial charge on any atom is -0.489 e. The Morgan fingerprint density at radius 3 is 2.41 bits per heavy atom. The summed E-state index contributed by atoms with van der Waals surface area (Å²) in [5.41, 5.74) is 2.16. The molecule has 0 atom stereocenters. The molecule has 1 fully saturated rings. The van der Waals surface area contributed by atoms with Gasteiger partial charge >= 0.3 is 0 Å². The molecule has 0 saturated carbocycles. The third kappa shape index (κ3) is 6.23. The van der Waals surface area contributed by atoms with E-state index in [0.29, 0.717) is 17.0 Å². The highest BCUT2D eigenvalue weighted by Crippen LogP contribution is 2.31. The SMILES string of the molecule is O=C(Nc1ccc(N2CCN(c3ccccn3)CC2)cc1OCCOCCF)c1ccccc1. The predicted molar refractivity (Wildman–Crippen MR) is 132 cm³/mol. The average Bonchev–Trinajstić information content (AvgIpc) is 2.90. The van der Waals surface area contributed by atoms with Crippen LogP contribution in [0.3, 0.4) is 0 Å². The fourth-order valence-corrected chi connectivity index (χ4v) is 3.82. The Morgan fingerprint density at radius 1 is 0.912 bits per heavy atom. The number of rotatable bonds is 10. The maximum Gasteiger partial charge on any atom is 0.255 e. The summed E-state index contributed by atoms with van der Waals surface area (Å²) < 4.78 is 23.4. The summed E-state index contributed by atoms with van der Waals surface area (Å²) in [6.45, 7) is 3.43. The number of anilines is 3. The largest absolute Gasteiger partial charge is 0.489 e. The third-order valence-electron chi connectivity index (χ3n) is 5.57. The van der Waals surface area contributed by atoms with Crippen molar-refractivity contribution in [1.29, 1.82) is 0 Å². The molecule has 7 nitrogen and oxygen atoms in total. The van der Waals surface area contributed by atoms with Gasteiger partial charge in [0.05, 0.1) is 18.9 Å². The van der Waals surface area contributed by atoms with Crippen molar-refractivity contribution in [2.24, 2.45) is 0 Å². The van der Waals surface area contributed by atoms with Crippen LogP contribution in [-0.2, 0) is 4.74 Å². The van der Waals surface area contributed by atoms with E-state index in [1.165, 1.54) is 0 Å². The van der Waals surface area contributed by atoms with Crippen LogP contribution in [0.25, 0.3) is 0 Å². The van der Waals surface area contributed by atoms with Gasteiger partial charge < -0.3 is 24.6 Å². The van der Waals surface area contributed by atoms with Gasteiger partial charge in [-0.2, -0.15) is 0 Å². The highest BCUT2D eigenvalue weighted by molar-refractivity contribution is 6.05. The maximum atomic E-state index is 12.7. The van der Waals surface area contributed by atoms with Crippen LogP contribution in [0.15, 0.2) is 72.9 Å². The van der Waals surface area contributed by atoms with E-state index in [1.807, 2.05) is 60.8 Å². The van der Waals surface area contributed by atoms with Crippen molar-refractivity contribution in [3.05, 3.63) is 78.5 Å². The Hall–Kier alpha value is -3.65. The highest BCUT2D eigenvalue weighted by Gasteiger charge is 2.20. The van der Waals surface area contributed by atoms with Crippen LogP contribution in [0, 0.1) is 0 Å². The van der Waals surface area contributed by atoms with Crippen LogP contribution in [0.5, 0.6) is 5.75 Å². The van der Waals surface area contributed by atoms with E-state index >= 15 is 0 Å². The number of nitrogens with zero attached hydrogens (tertiary/aromatic N) is 3. The van der Waals surface area contributed by atoms with Gasteiger partial charge in [-0.3, -0.25) is 4.79 Å². The number of halogens is 1. The lowest BCUT2D eigenvalue weighted by Crippen LogP contribution is -2.46. The number of piperazine rings is 1. The fraction of sp³-hybridized carbons (Fsp3) is 0.308. The molecule has 2 aromatic carbocycles. The van der Waals surface area contributed by atoms with Gasteiger partial charge in [-0.15, -0.1) is 0 Å². The monoisotopic (exact) mass is 464 g/mol. The van der Waals surface area contributed by atoms with Gasteiger partial charge in [0.15, 0.2) is 0 Å². The molecule has 0 bridgehead atoms. The summed E-state index contributed by atoms with van der Waals surface area (Å²) in [7, 11) is 0. The Bertz CT molecular complexity index is 1040. The van der Waals surface area contributed by atoms with Crippen molar-refractivity contribution < 1.29 is 18.7 Å². The number of ether oxygens (including phenoxy) is 2. The molecule has 1 N–H and O–H groups in total. The molecule has 178 valence electrons. The number of carbonyl (C=O) groups is 1. The number of alkyl halides is 1. The molecule has 0 unspecified atom stereocenters. The van der Waals surface area contributed by atoms with Gasteiger partial charge in [0.2, 0.25) is 0 Å². The number of amides is 1. The zero-order chi connectivity index (χ0) is 23.6. The first-order valence-electron chi connectivity index (χ1n) is 11.4. The lowest BCUT2D eigenvalue weighted by molar-refractivity contribution is 0.0898. The molecule has 34 heavy (non-hydrogen) atoms. The molecule has 4 rings (SSSR count). The standard InChI is InChI=1S/C26H29FN4O3/c27-11-17-33-18-19-34-24-20-22(9-10-23(24)29-26(32)21-6-2-1-3-7-21)30-13-15-31(16-14-30)25-8-4-5-12-28-25/h1-10,12,20H,11,13-19H2,(H,29,32). The minimum absolute atomic E-state index is 0.0432. The molecule has 3 aromatic rings. The first kappa shape index (κ1) is 23.5. The molecular formula is C26H29FN4O3. The van der Waals surface area contributed by atoms with Gasteiger partial charge in [0, 0.05) is 49.7 Å². The predicted octanol–water partition coefficient (Wildman–Crippen LogP) is 4.03. The molecule has 0 radical (unpaired) electrons. The molecule has 0 spiro atoms. The van der Waals surface area contributed by atoms with Crippen LogP contribution in [0.4, 0.5) is 21.6 Å². The summed E-state index contributed by atoms with van der Waals surface area (Å²) in [5, 5.41) is 2.94. The second-order valence-corrected chi connectivity index (χ2v) is 7.81. The average molecular weight is 465 g/mol. The van der Waals surface area contributed by atoms with Crippen molar-refractivity contribution in [3.63, 3.8) is 0 Å². The van der Waals surface area contributed by atoms with Crippen molar-refractivity contribution in [3.8, 4) is 5.75 Å². The molecule has 1 amide bonds. The van der Waals surface area contributed by atoms with E-state index in [9.17, 15) is 9.18 Å². The first-order chi connectivity index (χ1) is 16.7. The van der Waals surface area contributed by atoms with Crippen LogP contribution < -0.4 is 19.9 Å². The third-order valence-corrected chi connectivity index (χ3v) is 5.57. The van der Waals surface area contributed by atoms with E-state index in [1.54, 1.807) is 12.1 Å². The summed E-state index contributed by atoms with van der Waals surface area (Å²) in [4.78, 5) is 21.7. The Balaban J connectivity index is 1.45. The zero-order valence-electron chi connectivity index (χ0n) is 19.0. The number of hydrogen-bond acceptors (Lipinski definition) is 6. The second kappa shape index (κ2) is 12.0. The van der Waals surface area contributed by atoms with E-state index in [0.717, 1.165) is 37.7 Å². The molecule has 1 aromatic heterocycles. The van der Waals surface area contributed by atoms with Gasteiger partial charge in [0.1, 0.15) is 24.8 Å². The number of nitrogens with one attached hydrogen (secondary N) is 1. The number of carbonyl (C=O) groups excluding carboxylic acids is 1. The van der Waals surface area contributed by atoms with Crippen molar-refractivity contribution in [2.45, 2.75) is 0 Å². The van der Waals surface area contributed by atoms with E-state index in [2.05, 4.69) is 20.1 Å². The summed E-state index contributed by atoms with van der Waals surface area (Å²) in [5.74, 6) is 1.33. The van der Waals surface area contributed by atoms with Crippen LogP contribution in [-0.4, -0.2) is 63.6 Å². The number of pyridine rings is 1. The first-order valence-corrected chi connectivity index (χ1v) is 11.4. The van der Waals surface area contributed by atoms with Crippen molar-refractivity contribution in [2.75, 3.05) is 67.8 Å². The van der Waals surface area contributed by atoms with E-state index in [-0.39, 0.29) is 25.7 Å². The Morgan fingerprint density at radius 2 is 1.68 bits per heavy atom. The summed E-state index contributed by atoms with van der Waals surface area (Å²) in [6, 6.07) is 20.8. The van der Waals surface area contributed by atoms with Crippen molar-refractivity contribution in [1.82, 2.24) is 4.98 Å². The Labute approximate surface area is 199 Å². The zero-order valence-corrected chi connectivity index (χ0v) is 19.0. The normalized spacial score (nSPS) is 13.6. The molecule has 2 heterocycles. The molecular weight excluding hydrogens is 435 g/mol. The number of hydrogen-bond donors (Lipinski definition) is 1. The smallest absolute Gasteiger partial charge is 0.255 e. The van der Waals surface area contributed by atoms with Crippen LogP contribution >= 0.6 is 0 Å². The van der Waals surface area contributed by atoms with Gasteiger partial charge in [0.25, 0.3) is 5.91 Å². The van der Waals surface area contributed by atoms with Crippen molar-refractivity contribution >= 4 is 23.1 Å². The molecule has 1 aliphatic heterocycles. The lowest BCUT2D eigenvalue weighted by Gasteiger charge is -2.37. The minimum atomic E-state index is -0.529. The fourth-order valence-electron chi connectivity index (χ4n) is 3.82. The topological polar surface area (TPSA) is 66.9 Å². The maximum absolute atomic E-state index is 12.7. The number of benzene rings is 2. The molecule has 1 aliphatic rings. The molecule has 1 saturated heterocycles. The van der Waals surface area contributed by atoms with E-state index in [4.69, 9.17) is 9.47 Å². The van der Waals surface area contributed by atoms with Crippen LogP contribution in [0.2, 0.25) is 0 Å². The summed E-state index contributed by atoms with van der Waals surface area (Å²) >= 11 is 0. The van der Waals surface area contributed by atoms with Crippen LogP contribution in [0.1, 0.15) is 10.4 Å². The molecule has 0 aliphatic carbocycles. The van der Waals surface area contributed by atoms with E-state index < -0.39 is 6.67 Å². The Kier molecular flexibility index (Phi) is 8.29. The van der Waals surface area contributed by atoms with Gasteiger partial charge in [-0.1, -0.05) is 24.3 Å².